The maximum Gasteiger partial charge on any atom is 0.251 e. The van der Waals surface area contributed by atoms with Crippen molar-refractivity contribution in [3.05, 3.63) is 64.9 Å². The number of carbonyl (C=O) groups is 1. The molecule has 1 saturated carbocycles. The highest BCUT2D eigenvalue weighted by molar-refractivity contribution is 7.89. The number of furan rings is 1. The molecule has 146 valence electrons. The number of carbonyl (C=O) groups excluding carboxylic acids is 1. The average Bonchev–Trinajstić information content (AvgIpc) is 3.34. The molecule has 1 fully saturated rings. The van der Waals surface area contributed by atoms with E-state index in [1.54, 1.807) is 6.92 Å². The molecule has 1 aliphatic rings. The van der Waals surface area contributed by atoms with Crippen molar-refractivity contribution in [3.63, 3.8) is 0 Å². The maximum atomic E-state index is 12.7. The Morgan fingerprint density at radius 2 is 1.93 bits per heavy atom. The quantitative estimate of drug-likeness (QED) is 0.632. The van der Waals surface area contributed by atoms with Gasteiger partial charge in [-0.25, -0.2) is 13.1 Å². The normalized spacial score (nSPS) is 15.5. The second kappa shape index (κ2) is 7.24. The standard InChI is InChI=1S/C20H19ClN2O4S/c1-12(18-10-13-4-2-3-5-17(13)27-18)22-20(24)14-6-9-16(21)19(11-14)28(25,26)23-15-7-8-15/h2-6,9-12,15,23H,7-8H2,1H3,(H,22,24)/t12-/m1/s1. The molecule has 0 saturated heterocycles. The highest BCUT2D eigenvalue weighted by Gasteiger charge is 2.29. The largest absolute Gasteiger partial charge is 0.459 e. The van der Waals surface area contributed by atoms with Gasteiger partial charge in [0.1, 0.15) is 16.2 Å². The summed E-state index contributed by atoms with van der Waals surface area (Å²) in [7, 11) is -3.76. The summed E-state index contributed by atoms with van der Waals surface area (Å²) in [6.07, 6.45) is 1.62. The lowest BCUT2D eigenvalue weighted by molar-refractivity contribution is 0.0935. The van der Waals surface area contributed by atoms with Crippen LogP contribution in [0.2, 0.25) is 5.02 Å². The van der Waals surface area contributed by atoms with Gasteiger partial charge in [-0.1, -0.05) is 29.8 Å². The molecule has 0 spiro atoms. The number of para-hydroxylation sites is 1. The zero-order valence-corrected chi connectivity index (χ0v) is 16.7. The van der Waals surface area contributed by atoms with Crippen LogP contribution in [0.3, 0.4) is 0 Å². The lowest BCUT2D eigenvalue weighted by Gasteiger charge is -2.13. The molecule has 1 aromatic heterocycles. The fourth-order valence-electron chi connectivity index (χ4n) is 2.90. The Morgan fingerprint density at radius 3 is 2.64 bits per heavy atom. The summed E-state index contributed by atoms with van der Waals surface area (Å²) in [5.74, 6) is 0.208. The molecule has 2 aromatic carbocycles. The summed E-state index contributed by atoms with van der Waals surface area (Å²) in [4.78, 5) is 12.6. The molecule has 3 aromatic rings. The monoisotopic (exact) mass is 418 g/mol. The summed E-state index contributed by atoms with van der Waals surface area (Å²) in [6.45, 7) is 1.80. The number of hydrogen-bond donors (Lipinski definition) is 2. The Morgan fingerprint density at radius 1 is 1.18 bits per heavy atom. The first kappa shape index (κ1) is 19.0. The molecule has 0 bridgehead atoms. The Hall–Kier alpha value is -2.35. The van der Waals surface area contributed by atoms with Crippen LogP contribution in [0.15, 0.2) is 57.8 Å². The molecule has 2 N–H and O–H groups in total. The first-order valence-corrected chi connectivity index (χ1v) is 10.8. The lowest BCUT2D eigenvalue weighted by atomic mass is 10.1. The van der Waals surface area contributed by atoms with Crippen molar-refractivity contribution in [2.45, 2.75) is 36.7 Å². The number of rotatable bonds is 6. The van der Waals surface area contributed by atoms with E-state index in [0.717, 1.165) is 23.8 Å². The van der Waals surface area contributed by atoms with Gasteiger partial charge >= 0.3 is 0 Å². The van der Waals surface area contributed by atoms with E-state index in [2.05, 4.69) is 10.0 Å². The Bertz CT molecular complexity index is 1120. The Kier molecular flexibility index (Phi) is 4.91. The van der Waals surface area contributed by atoms with Crippen LogP contribution in [0, 0.1) is 0 Å². The van der Waals surface area contributed by atoms with E-state index >= 15 is 0 Å². The van der Waals surface area contributed by atoms with E-state index < -0.39 is 15.9 Å². The Balaban J connectivity index is 1.55. The van der Waals surface area contributed by atoms with E-state index in [0.29, 0.717) is 5.76 Å². The lowest BCUT2D eigenvalue weighted by Crippen LogP contribution is -2.28. The highest BCUT2D eigenvalue weighted by Crippen LogP contribution is 2.28. The summed E-state index contributed by atoms with van der Waals surface area (Å²) >= 11 is 6.07. The van der Waals surface area contributed by atoms with Crippen molar-refractivity contribution >= 4 is 38.5 Å². The molecule has 1 aliphatic carbocycles. The number of sulfonamides is 1. The molecular weight excluding hydrogens is 400 g/mol. The molecule has 1 amide bonds. The number of benzene rings is 2. The number of fused-ring (bicyclic) bond motifs is 1. The minimum Gasteiger partial charge on any atom is -0.459 e. The SMILES string of the molecule is C[C@@H](NC(=O)c1ccc(Cl)c(S(=O)(=O)NC2CC2)c1)c1cc2ccccc2o1. The zero-order valence-electron chi connectivity index (χ0n) is 15.1. The third-order valence-electron chi connectivity index (χ3n) is 4.60. The van der Waals surface area contributed by atoms with Gasteiger partial charge < -0.3 is 9.73 Å². The van der Waals surface area contributed by atoms with Gasteiger partial charge in [0.05, 0.1) is 11.1 Å². The van der Waals surface area contributed by atoms with Crippen LogP contribution in [0.4, 0.5) is 0 Å². The van der Waals surface area contributed by atoms with Gasteiger partial charge in [-0.2, -0.15) is 0 Å². The average molecular weight is 419 g/mol. The molecule has 0 radical (unpaired) electrons. The van der Waals surface area contributed by atoms with Gasteiger partial charge in [-0.05, 0) is 50.1 Å². The van der Waals surface area contributed by atoms with Gasteiger partial charge in [-0.3, -0.25) is 4.79 Å². The smallest absolute Gasteiger partial charge is 0.251 e. The molecule has 8 heteroatoms. The molecule has 28 heavy (non-hydrogen) atoms. The molecule has 4 rings (SSSR count). The van der Waals surface area contributed by atoms with Crippen LogP contribution in [0.1, 0.15) is 41.9 Å². The van der Waals surface area contributed by atoms with Crippen molar-refractivity contribution < 1.29 is 17.6 Å². The van der Waals surface area contributed by atoms with Crippen LogP contribution >= 0.6 is 11.6 Å². The molecule has 0 unspecified atom stereocenters. The highest BCUT2D eigenvalue weighted by atomic mass is 35.5. The van der Waals surface area contributed by atoms with Gasteiger partial charge in [-0.15, -0.1) is 0 Å². The van der Waals surface area contributed by atoms with Crippen LogP contribution in [-0.4, -0.2) is 20.4 Å². The van der Waals surface area contributed by atoms with E-state index in [4.69, 9.17) is 16.0 Å². The van der Waals surface area contributed by atoms with Crippen molar-refractivity contribution in [1.82, 2.24) is 10.0 Å². The van der Waals surface area contributed by atoms with Gasteiger partial charge in [0.2, 0.25) is 10.0 Å². The van der Waals surface area contributed by atoms with Crippen molar-refractivity contribution in [2.24, 2.45) is 0 Å². The third kappa shape index (κ3) is 3.92. The van der Waals surface area contributed by atoms with E-state index in [9.17, 15) is 13.2 Å². The first-order valence-electron chi connectivity index (χ1n) is 8.95. The first-order chi connectivity index (χ1) is 13.3. The zero-order chi connectivity index (χ0) is 19.9. The van der Waals surface area contributed by atoms with Crippen molar-refractivity contribution in [3.8, 4) is 0 Å². The fraction of sp³-hybridized carbons (Fsp3) is 0.250. The molecule has 6 nitrogen and oxygen atoms in total. The van der Waals surface area contributed by atoms with Gasteiger partial charge in [0, 0.05) is 17.0 Å². The predicted molar refractivity (Wildman–Crippen MR) is 107 cm³/mol. The summed E-state index contributed by atoms with van der Waals surface area (Å²) in [5.41, 5.74) is 0.952. The summed E-state index contributed by atoms with van der Waals surface area (Å²) in [6, 6.07) is 13.2. The minimum absolute atomic E-state index is 0.0494. The fourth-order valence-corrected chi connectivity index (χ4v) is 4.73. The van der Waals surface area contributed by atoms with Gasteiger partial charge in [0.15, 0.2) is 0 Å². The van der Waals surface area contributed by atoms with Crippen molar-refractivity contribution in [1.29, 1.82) is 0 Å². The van der Waals surface area contributed by atoms with Crippen LogP contribution in [0.25, 0.3) is 11.0 Å². The number of nitrogens with one attached hydrogen (secondary N) is 2. The van der Waals surface area contributed by atoms with E-state index in [1.165, 1.54) is 18.2 Å². The number of hydrogen-bond acceptors (Lipinski definition) is 4. The van der Waals surface area contributed by atoms with Crippen molar-refractivity contribution in [2.75, 3.05) is 0 Å². The molecular formula is C20H19ClN2O4S. The van der Waals surface area contributed by atoms with E-state index in [1.807, 2.05) is 30.3 Å². The van der Waals surface area contributed by atoms with E-state index in [-0.39, 0.29) is 27.6 Å². The number of halogens is 1. The third-order valence-corrected chi connectivity index (χ3v) is 6.60. The maximum absolute atomic E-state index is 12.7. The molecule has 1 atom stereocenters. The predicted octanol–water partition coefficient (Wildman–Crippen LogP) is 4.02. The number of amides is 1. The molecule has 0 aliphatic heterocycles. The topological polar surface area (TPSA) is 88.4 Å². The summed E-state index contributed by atoms with van der Waals surface area (Å²) in [5, 5.41) is 3.86. The van der Waals surface area contributed by atoms with Crippen LogP contribution < -0.4 is 10.0 Å². The van der Waals surface area contributed by atoms with Crippen LogP contribution in [0.5, 0.6) is 0 Å². The Labute approximate surface area is 167 Å². The van der Waals surface area contributed by atoms with Crippen LogP contribution in [-0.2, 0) is 10.0 Å². The second-order valence-corrected chi connectivity index (χ2v) is 9.01. The summed E-state index contributed by atoms with van der Waals surface area (Å²) < 4.78 is 33.3. The van der Waals surface area contributed by atoms with Gasteiger partial charge in [0.25, 0.3) is 5.91 Å². The second-order valence-electron chi connectivity index (χ2n) is 6.92. The minimum atomic E-state index is -3.76. The molecule has 1 heterocycles.